The van der Waals surface area contributed by atoms with Crippen LogP contribution in [0.3, 0.4) is 0 Å². The van der Waals surface area contributed by atoms with Crippen LogP contribution in [0.25, 0.3) is 0 Å². The van der Waals surface area contributed by atoms with E-state index in [9.17, 15) is 31.2 Å². The molecule has 3 aromatic carbocycles. The molecule has 0 unspecified atom stereocenters. The van der Waals surface area contributed by atoms with Crippen molar-refractivity contribution in [2.24, 2.45) is 0 Å². The summed E-state index contributed by atoms with van der Waals surface area (Å²) in [4.78, 5) is 28.5. The molecule has 0 aliphatic heterocycles. The van der Waals surface area contributed by atoms with Gasteiger partial charge in [0.15, 0.2) is 0 Å². The van der Waals surface area contributed by atoms with Crippen LogP contribution in [0.15, 0.2) is 77.7 Å². The fraction of sp³-hybridized carbons (Fsp3) is 0.355. The molecule has 0 saturated heterocycles. The SMILES string of the molecule is CC[C@@H](C)NC(=O)[C@@H](CC)N(Cc1ccc(C)cc1)C(=O)CN(c1ccc(Cl)c(C(F)(F)F)c1)S(=O)(=O)c1ccccc1. The number of aryl methyl sites for hydroxylation is 1. The molecule has 2 amide bonds. The van der Waals surface area contributed by atoms with Gasteiger partial charge in [0.2, 0.25) is 11.8 Å². The Morgan fingerprint density at radius 3 is 2.14 bits per heavy atom. The van der Waals surface area contributed by atoms with Gasteiger partial charge in [-0.25, -0.2) is 8.42 Å². The second-order valence-corrected chi connectivity index (χ2v) is 12.5. The van der Waals surface area contributed by atoms with Gasteiger partial charge in [-0.1, -0.05) is 73.5 Å². The summed E-state index contributed by atoms with van der Waals surface area (Å²) in [7, 11) is -4.54. The van der Waals surface area contributed by atoms with Gasteiger partial charge in [0.1, 0.15) is 12.6 Å². The molecule has 7 nitrogen and oxygen atoms in total. The highest BCUT2D eigenvalue weighted by Crippen LogP contribution is 2.38. The first kappa shape index (κ1) is 33.9. The molecule has 0 fully saturated rings. The maximum atomic E-state index is 14.1. The molecule has 3 rings (SSSR count). The van der Waals surface area contributed by atoms with Crippen LogP contribution in [0.2, 0.25) is 5.02 Å². The number of amides is 2. The summed E-state index contributed by atoms with van der Waals surface area (Å²) in [6.07, 6.45) is -4.02. The molecule has 12 heteroatoms. The highest BCUT2D eigenvalue weighted by atomic mass is 35.5. The van der Waals surface area contributed by atoms with Gasteiger partial charge in [0.25, 0.3) is 10.0 Å². The topological polar surface area (TPSA) is 86.8 Å². The maximum Gasteiger partial charge on any atom is 0.417 e. The smallest absolute Gasteiger partial charge is 0.352 e. The van der Waals surface area contributed by atoms with E-state index in [2.05, 4.69) is 5.32 Å². The molecule has 232 valence electrons. The first-order valence-electron chi connectivity index (χ1n) is 13.8. The number of alkyl halides is 3. The quantitative estimate of drug-likeness (QED) is 0.243. The average Bonchev–Trinajstić information content (AvgIpc) is 2.96. The van der Waals surface area contributed by atoms with Crippen LogP contribution in [0.4, 0.5) is 18.9 Å². The van der Waals surface area contributed by atoms with Crippen molar-refractivity contribution in [3.8, 4) is 0 Å². The highest BCUT2D eigenvalue weighted by Gasteiger charge is 2.37. The number of hydrogen-bond acceptors (Lipinski definition) is 4. The van der Waals surface area contributed by atoms with E-state index in [1.54, 1.807) is 25.1 Å². The molecule has 2 atom stereocenters. The van der Waals surface area contributed by atoms with Crippen molar-refractivity contribution in [2.75, 3.05) is 10.8 Å². The molecule has 0 spiro atoms. The van der Waals surface area contributed by atoms with Crippen LogP contribution in [0.1, 0.15) is 50.3 Å². The highest BCUT2D eigenvalue weighted by molar-refractivity contribution is 7.92. The van der Waals surface area contributed by atoms with E-state index >= 15 is 0 Å². The lowest BCUT2D eigenvalue weighted by Gasteiger charge is -2.34. The predicted octanol–water partition coefficient (Wildman–Crippen LogP) is 6.58. The van der Waals surface area contributed by atoms with Crippen LogP contribution < -0.4 is 9.62 Å². The van der Waals surface area contributed by atoms with E-state index in [4.69, 9.17) is 11.6 Å². The summed E-state index contributed by atoms with van der Waals surface area (Å²) >= 11 is 5.82. The van der Waals surface area contributed by atoms with Gasteiger partial charge < -0.3 is 10.2 Å². The molecular weight excluding hydrogens is 603 g/mol. The van der Waals surface area contributed by atoms with Crippen molar-refractivity contribution in [3.05, 3.63) is 94.5 Å². The minimum Gasteiger partial charge on any atom is -0.352 e. The van der Waals surface area contributed by atoms with Gasteiger partial charge >= 0.3 is 6.18 Å². The minimum absolute atomic E-state index is 0.0286. The van der Waals surface area contributed by atoms with E-state index in [-0.39, 0.29) is 23.9 Å². The monoisotopic (exact) mass is 637 g/mol. The van der Waals surface area contributed by atoms with Crippen LogP contribution in [0.5, 0.6) is 0 Å². The van der Waals surface area contributed by atoms with Crippen LogP contribution >= 0.6 is 11.6 Å². The lowest BCUT2D eigenvalue weighted by Crippen LogP contribution is -2.53. The third kappa shape index (κ3) is 8.51. The van der Waals surface area contributed by atoms with Gasteiger partial charge in [-0.2, -0.15) is 13.2 Å². The van der Waals surface area contributed by atoms with E-state index in [1.165, 1.54) is 29.2 Å². The van der Waals surface area contributed by atoms with Gasteiger partial charge in [-0.05, 0) is 62.6 Å². The number of carbonyl (C=O) groups is 2. The van der Waals surface area contributed by atoms with Crippen molar-refractivity contribution in [1.29, 1.82) is 0 Å². The molecular formula is C31H35ClF3N3O4S. The zero-order valence-electron chi connectivity index (χ0n) is 24.4. The Kier molecular flexibility index (Phi) is 11.3. The number of sulfonamides is 1. The first-order valence-corrected chi connectivity index (χ1v) is 15.6. The summed E-state index contributed by atoms with van der Waals surface area (Å²) in [6, 6.07) is 15.9. The van der Waals surface area contributed by atoms with E-state index in [0.717, 1.165) is 17.7 Å². The molecule has 0 radical (unpaired) electrons. The fourth-order valence-electron chi connectivity index (χ4n) is 4.38. The van der Waals surface area contributed by atoms with Gasteiger partial charge in [-0.3, -0.25) is 13.9 Å². The second kappa shape index (κ2) is 14.3. The summed E-state index contributed by atoms with van der Waals surface area (Å²) in [6.45, 7) is 6.45. The van der Waals surface area contributed by atoms with Crippen LogP contribution in [-0.2, 0) is 32.3 Å². The molecule has 1 N–H and O–H groups in total. The summed E-state index contributed by atoms with van der Waals surface area (Å²) in [5.41, 5.74) is 0.0214. The largest absolute Gasteiger partial charge is 0.417 e. The van der Waals surface area contributed by atoms with E-state index in [1.807, 2.05) is 32.9 Å². The molecule has 0 heterocycles. The summed E-state index contributed by atoms with van der Waals surface area (Å²) < 4.78 is 69.7. The van der Waals surface area contributed by atoms with E-state index < -0.39 is 56.9 Å². The Bertz CT molecular complexity index is 1520. The number of halogens is 4. The molecule has 43 heavy (non-hydrogen) atoms. The predicted molar refractivity (Wildman–Crippen MR) is 161 cm³/mol. The standard InChI is InChI=1S/C31H35ClF3N3O4S/c1-5-22(4)36-30(40)28(6-2)37(19-23-14-12-21(3)13-15-23)29(39)20-38(43(41,42)25-10-8-7-9-11-25)24-16-17-27(32)26(18-24)31(33,34)35/h7-18,22,28H,5-6,19-20H2,1-4H3,(H,36,40)/t22-,28-/m1/s1. The number of nitrogens with zero attached hydrogens (tertiary/aromatic N) is 2. The Morgan fingerprint density at radius 2 is 1.58 bits per heavy atom. The molecule has 0 saturated carbocycles. The molecule has 0 aliphatic rings. The van der Waals surface area contributed by atoms with Crippen molar-refractivity contribution < 1.29 is 31.2 Å². The molecule has 3 aromatic rings. The number of anilines is 1. The van der Waals surface area contributed by atoms with Crippen LogP contribution in [0, 0.1) is 6.92 Å². The Morgan fingerprint density at radius 1 is 0.953 bits per heavy atom. The summed E-state index contributed by atoms with van der Waals surface area (Å²) in [5, 5.41) is 2.26. The number of nitrogens with one attached hydrogen (secondary N) is 1. The van der Waals surface area contributed by atoms with Crippen molar-refractivity contribution >= 4 is 39.1 Å². The zero-order chi connectivity index (χ0) is 31.9. The van der Waals surface area contributed by atoms with Crippen LogP contribution in [-0.4, -0.2) is 43.8 Å². The minimum atomic E-state index is -4.88. The lowest BCUT2D eigenvalue weighted by atomic mass is 10.1. The second-order valence-electron chi connectivity index (χ2n) is 10.2. The number of carbonyl (C=O) groups excluding carboxylic acids is 2. The number of hydrogen-bond donors (Lipinski definition) is 1. The zero-order valence-corrected chi connectivity index (χ0v) is 25.9. The third-order valence-corrected chi connectivity index (χ3v) is 9.13. The third-order valence-electron chi connectivity index (χ3n) is 7.01. The molecule has 0 aromatic heterocycles. The lowest BCUT2D eigenvalue weighted by molar-refractivity contribution is -0.140. The first-order chi connectivity index (χ1) is 20.2. The maximum absolute atomic E-state index is 14.1. The van der Waals surface area contributed by atoms with Gasteiger partial charge in [0.05, 0.1) is 21.2 Å². The average molecular weight is 638 g/mol. The van der Waals surface area contributed by atoms with Crippen molar-refractivity contribution in [3.63, 3.8) is 0 Å². The normalized spacial score (nSPS) is 13.2. The van der Waals surface area contributed by atoms with E-state index in [0.29, 0.717) is 22.4 Å². The Balaban J connectivity index is 2.13. The van der Waals surface area contributed by atoms with Crippen molar-refractivity contribution in [1.82, 2.24) is 10.2 Å². The van der Waals surface area contributed by atoms with Gasteiger partial charge in [-0.15, -0.1) is 0 Å². The van der Waals surface area contributed by atoms with Gasteiger partial charge in [0, 0.05) is 12.6 Å². The Hall–Kier alpha value is -3.57. The molecule has 0 bridgehead atoms. The number of benzene rings is 3. The summed E-state index contributed by atoms with van der Waals surface area (Å²) in [5.74, 6) is -1.18. The molecule has 0 aliphatic carbocycles. The number of rotatable bonds is 12. The van der Waals surface area contributed by atoms with Crippen molar-refractivity contribution in [2.45, 2.75) is 70.2 Å². The Labute approximate surface area is 255 Å². The fourth-order valence-corrected chi connectivity index (χ4v) is 6.04.